The lowest BCUT2D eigenvalue weighted by Crippen LogP contribution is -2.38. The Morgan fingerprint density at radius 3 is 1.28 bits per heavy atom. The van der Waals surface area contributed by atoms with Gasteiger partial charge >= 0.3 is 6.16 Å². The molecule has 0 radical (unpaired) electrons. The lowest BCUT2D eigenvalue weighted by Gasteiger charge is -2.27. The molecule has 0 bridgehead atoms. The third-order valence-corrected chi connectivity index (χ3v) is 11.3. The van der Waals surface area contributed by atoms with Gasteiger partial charge in [0.25, 0.3) is 11.8 Å². The summed E-state index contributed by atoms with van der Waals surface area (Å²) in [4.78, 5) is 40.7. The lowest BCUT2D eigenvalue weighted by atomic mass is 9.88. The number of carbonyl (C=O) groups excluding carboxylic acids is 2. The average Bonchev–Trinajstić information content (AvgIpc) is 3.42. The molecule has 1 aliphatic heterocycles. The first-order chi connectivity index (χ1) is 25.9. The molecule has 1 N–H and O–H groups in total. The Labute approximate surface area is 326 Å². The van der Waals surface area contributed by atoms with Gasteiger partial charge < -0.3 is 14.6 Å². The number of imide groups is 1. The van der Waals surface area contributed by atoms with Crippen LogP contribution in [0.4, 0.5) is 4.79 Å². The second kappa shape index (κ2) is 36.0. The zero-order valence-electron chi connectivity index (χ0n) is 35.0. The Balaban J connectivity index is 2.22. The van der Waals surface area contributed by atoms with Crippen LogP contribution in [-0.2, 0) is 23.9 Å². The van der Waals surface area contributed by atoms with E-state index in [1.54, 1.807) is 0 Å². The van der Waals surface area contributed by atoms with Crippen molar-refractivity contribution in [2.45, 2.75) is 239 Å². The third kappa shape index (κ3) is 27.5. The number of rotatable bonds is 40. The van der Waals surface area contributed by atoms with E-state index < -0.39 is 23.9 Å². The van der Waals surface area contributed by atoms with E-state index in [0.29, 0.717) is 24.9 Å². The van der Waals surface area contributed by atoms with Gasteiger partial charge in [0, 0.05) is 19.6 Å². The normalized spacial score (nSPS) is 15.8. The standard InChI is InChI=1S/C45H85NO7/c1-4-6-8-10-12-14-16-18-20-22-24-26-28-30-32-34-36-51-39-42(40(3)41-38-43(47)46(44(41)48)53-45(49)50)52-37-35-33-31-29-27-25-23-21-19-17-15-13-11-9-7-5-2/h40-42H,4-39H2,1-3H3,(H,49,50)/t40-,41-,42?/m1/s1. The van der Waals surface area contributed by atoms with Crippen LogP contribution in [0, 0.1) is 11.8 Å². The fraction of sp³-hybridized carbons (Fsp3) is 0.933. The van der Waals surface area contributed by atoms with E-state index in [0.717, 1.165) is 25.7 Å². The first-order valence-corrected chi connectivity index (χ1v) is 22.9. The SMILES string of the molecule is CCCCCCCCCCCCCCCCCCOCC(OCCCCCCCCCCCCCCCCCC)[C@H](C)[C@H]1CC(=O)N(OC(=O)O)C1=O. The minimum absolute atomic E-state index is 0.0781. The monoisotopic (exact) mass is 752 g/mol. The molecule has 0 aromatic rings. The molecule has 1 saturated heterocycles. The number of amides is 2. The van der Waals surface area contributed by atoms with E-state index in [1.807, 2.05) is 6.92 Å². The van der Waals surface area contributed by atoms with Crippen molar-refractivity contribution in [3.8, 4) is 0 Å². The molecule has 1 rings (SSSR count). The van der Waals surface area contributed by atoms with Crippen LogP contribution in [0.15, 0.2) is 0 Å². The van der Waals surface area contributed by atoms with Crippen molar-refractivity contribution in [2.24, 2.45) is 11.8 Å². The molecular weight excluding hydrogens is 666 g/mol. The molecule has 0 aromatic carbocycles. The van der Waals surface area contributed by atoms with E-state index in [9.17, 15) is 14.4 Å². The quantitative estimate of drug-likeness (QED) is 0.0491. The summed E-state index contributed by atoms with van der Waals surface area (Å²) >= 11 is 0. The van der Waals surface area contributed by atoms with Crippen molar-refractivity contribution in [1.82, 2.24) is 5.06 Å². The Morgan fingerprint density at radius 1 is 0.585 bits per heavy atom. The van der Waals surface area contributed by atoms with Gasteiger partial charge in [-0.25, -0.2) is 4.79 Å². The van der Waals surface area contributed by atoms with Crippen LogP contribution in [-0.4, -0.2) is 54.1 Å². The van der Waals surface area contributed by atoms with Crippen molar-refractivity contribution >= 4 is 18.0 Å². The predicted molar refractivity (Wildman–Crippen MR) is 218 cm³/mol. The first-order valence-electron chi connectivity index (χ1n) is 22.9. The maximum atomic E-state index is 12.9. The van der Waals surface area contributed by atoms with Crippen LogP contribution in [0.3, 0.4) is 0 Å². The zero-order chi connectivity index (χ0) is 38.6. The molecular formula is C45H85NO7. The van der Waals surface area contributed by atoms with E-state index in [4.69, 9.17) is 14.6 Å². The summed E-state index contributed by atoms with van der Waals surface area (Å²) in [7, 11) is 0. The van der Waals surface area contributed by atoms with Crippen molar-refractivity contribution in [1.29, 1.82) is 0 Å². The highest BCUT2D eigenvalue weighted by Crippen LogP contribution is 2.31. The number of ether oxygens (including phenoxy) is 2. The molecule has 2 amide bonds. The molecule has 3 atom stereocenters. The minimum Gasteiger partial charge on any atom is -0.448 e. The van der Waals surface area contributed by atoms with Crippen LogP contribution in [0.2, 0.25) is 0 Å². The van der Waals surface area contributed by atoms with Crippen LogP contribution >= 0.6 is 0 Å². The molecule has 1 heterocycles. The Kier molecular flexibility index (Phi) is 33.5. The molecule has 312 valence electrons. The predicted octanol–water partition coefficient (Wildman–Crippen LogP) is 13.5. The highest BCUT2D eigenvalue weighted by Gasteiger charge is 2.46. The van der Waals surface area contributed by atoms with Crippen molar-refractivity contribution in [3.63, 3.8) is 0 Å². The average molecular weight is 752 g/mol. The minimum atomic E-state index is -1.67. The van der Waals surface area contributed by atoms with Crippen LogP contribution in [0.5, 0.6) is 0 Å². The van der Waals surface area contributed by atoms with Crippen LogP contribution < -0.4 is 0 Å². The molecule has 8 nitrogen and oxygen atoms in total. The lowest BCUT2D eigenvalue weighted by molar-refractivity contribution is -0.177. The summed E-state index contributed by atoms with van der Waals surface area (Å²) in [6.07, 6.45) is 40.2. The van der Waals surface area contributed by atoms with Gasteiger partial charge in [-0.2, -0.15) is 0 Å². The van der Waals surface area contributed by atoms with Crippen molar-refractivity contribution < 1.29 is 33.8 Å². The smallest absolute Gasteiger partial charge is 0.448 e. The van der Waals surface area contributed by atoms with Gasteiger partial charge in [0.1, 0.15) is 0 Å². The second-order valence-electron chi connectivity index (χ2n) is 16.1. The van der Waals surface area contributed by atoms with Gasteiger partial charge in [-0.15, -0.1) is 0 Å². The topological polar surface area (TPSA) is 102 Å². The van der Waals surface area contributed by atoms with Gasteiger partial charge in [-0.3, -0.25) is 14.4 Å². The number of hydroxylamine groups is 2. The fourth-order valence-electron chi connectivity index (χ4n) is 7.66. The number of carboxylic acid groups (broad SMARTS) is 1. The molecule has 0 aromatic heterocycles. The summed E-state index contributed by atoms with van der Waals surface area (Å²) < 4.78 is 12.4. The zero-order valence-corrected chi connectivity index (χ0v) is 35.0. The molecule has 1 unspecified atom stereocenters. The van der Waals surface area contributed by atoms with E-state index >= 15 is 0 Å². The first kappa shape index (κ1) is 49.3. The van der Waals surface area contributed by atoms with E-state index in [-0.39, 0.29) is 18.4 Å². The Morgan fingerprint density at radius 2 is 0.925 bits per heavy atom. The number of hydrogen-bond donors (Lipinski definition) is 1. The van der Waals surface area contributed by atoms with Gasteiger partial charge in [-0.1, -0.05) is 218 Å². The van der Waals surface area contributed by atoms with Gasteiger partial charge in [-0.05, 0) is 18.8 Å². The molecule has 8 heteroatoms. The number of unbranched alkanes of at least 4 members (excludes halogenated alkanes) is 30. The van der Waals surface area contributed by atoms with Gasteiger partial charge in [0.15, 0.2) is 0 Å². The van der Waals surface area contributed by atoms with Crippen LogP contribution in [0.1, 0.15) is 233 Å². The Hall–Kier alpha value is -1.67. The summed E-state index contributed by atoms with van der Waals surface area (Å²) in [6, 6.07) is 0. The number of nitrogens with zero attached hydrogens (tertiary/aromatic N) is 1. The van der Waals surface area contributed by atoms with Gasteiger partial charge in [0.2, 0.25) is 0 Å². The van der Waals surface area contributed by atoms with Crippen LogP contribution in [0.25, 0.3) is 0 Å². The largest absolute Gasteiger partial charge is 0.531 e. The number of hydrogen-bond acceptors (Lipinski definition) is 6. The van der Waals surface area contributed by atoms with E-state index in [2.05, 4.69) is 18.7 Å². The number of carbonyl (C=O) groups is 3. The maximum Gasteiger partial charge on any atom is 0.531 e. The summed E-state index contributed by atoms with van der Waals surface area (Å²) in [6.45, 7) is 8.04. The molecule has 53 heavy (non-hydrogen) atoms. The summed E-state index contributed by atoms with van der Waals surface area (Å²) in [5, 5.41) is 9.36. The van der Waals surface area contributed by atoms with Gasteiger partial charge in [0.05, 0.1) is 18.6 Å². The third-order valence-electron chi connectivity index (χ3n) is 11.3. The summed E-state index contributed by atoms with van der Waals surface area (Å²) in [5.41, 5.74) is 0. The molecule has 0 spiro atoms. The second-order valence-corrected chi connectivity index (χ2v) is 16.1. The van der Waals surface area contributed by atoms with Crippen molar-refractivity contribution in [3.05, 3.63) is 0 Å². The Bertz CT molecular complexity index is 868. The highest BCUT2D eigenvalue weighted by molar-refractivity contribution is 6.03. The summed E-state index contributed by atoms with van der Waals surface area (Å²) in [5.74, 6) is -2.23. The molecule has 0 aliphatic carbocycles. The molecule has 1 aliphatic rings. The van der Waals surface area contributed by atoms with Crippen molar-refractivity contribution in [2.75, 3.05) is 19.8 Å². The van der Waals surface area contributed by atoms with E-state index in [1.165, 1.54) is 180 Å². The molecule has 1 fully saturated rings. The maximum absolute atomic E-state index is 12.9. The molecule has 0 saturated carbocycles. The highest BCUT2D eigenvalue weighted by atomic mass is 16.8. The fourth-order valence-corrected chi connectivity index (χ4v) is 7.66.